The first-order chi connectivity index (χ1) is 9.90. The van der Waals surface area contributed by atoms with Crippen LogP contribution in [0.1, 0.15) is 12.8 Å². The first-order valence-electron chi connectivity index (χ1n) is 7.25. The second-order valence-corrected chi connectivity index (χ2v) is 6.46. The van der Waals surface area contributed by atoms with Gasteiger partial charge in [0.1, 0.15) is 0 Å². The monoisotopic (exact) mass is 322 g/mol. The van der Waals surface area contributed by atoms with Crippen molar-refractivity contribution in [2.75, 3.05) is 31.1 Å². The zero-order chi connectivity index (χ0) is 13.4. The van der Waals surface area contributed by atoms with Crippen molar-refractivity contribution in [2.24, 2.45) is 0 Å². The SMILES string of the molecule is Cl.c1csc(-c2cnc(N3CCN4CCC3CC4)nc2)c1. The van der Waals surface area contributed by atoms with Gasteiger partial charge in [-0.3, -0.25) is 0 Å². The second kappa shape index (κ2) is 6.30. The molecule has 3 fully saturated rings. The van der Waals surface area contributed by atoms with Gasteiger partial charge in [-0.05, 0) is 24.3 Å². The topological polar surface area (TPSA) is 32.3 Å². The predicted octanol–water partition coefficient (Wildman–Crippen LogP) is 2.91. The Balaban J connectivity index is 0.00000132. The molecule has 6 heteroatoms. The molecule has 21 heavy (non-hydrogen) atoms. The predicted molar refractivity (Wildman–Crippen MR) is 89.4 cm³/mol. The molecule has 4 nitrogen and oxygen atoms in total. The minimum atomic E-state index is 0. The lowest BCUT2D eigenvalue weighted by atomic mass is 10.1. The van der Waals surface area contributed by atoms with Gasteiger partial charge in [0.2, 0.25) is 5.95 Å². The number of piperidine rings is 1. The van der Waals surface area contributed by atoms with E-state index in [-0.39, 0.29) is 12.4 Å². The molecule has 0 radical (unpaired) electrons. The molecule has 0 unspecified atom stereocenters. The minimum absolute atomic E-state index is 0. The summed E-state index contributed by atoms with van der Waals surface area (Å²) in [5.74, 6) is 0.902. The lowest BCUT2D eigenvalue weighted by Crippen LogP contribution is -2.38. The molecule has 0 amide bonds. The Morgan fingerprint density at radius 2 is 1.81 bits per heavy atom. The minimum Gasteiger partial charge on any atom is -0.336 e. The molecular weight excluding hydrogens is 304 g/mol. The molecule has 2 bridgehead atoms. The third-order valence-corrected chi connectivity index (χ3v) is 5.27. The number of fused-ring (bicyclic) bond motifs is 4. The zero-order valence-corrected chi connectivity index (χ0v) is 13.4. The highest BCUT2D eigenvalue weighted by atomic mass is 35.5. The highest BCUT2D eigenvalue weighted by Gasteiger charge is 2.30. The smallest absolute Gasteiger partial charge is 0.225 e. The Morgan fingerprint density at radius 1 is 1.05 bits per heavy atom. The maximum absolute atomic E-state index is 4.62. The fourth-order valence-corrected chi connectivity index (χ4v) is 3.89. The zero-order valence-electron chi connectivity index (χ0n) is 11.8. The molecule has 3 aliphatic rings. The Labute approximate surface area is 135 Å². The van der Waals surface area contributed by atoms with Gasteiger partial charge in [0.25, 0.3) is 0 Å². The van der Waals surface area contributed by atoms with Crippen molar-refractivity contribution in [1.29, 1.82) is 0 Å². The summed E-state index contributed by atoms with van der Waals surface area (Å²) in [7, 11) is 0. The molecule has 5 rings (SSSR count). The maximum Gasteiger partial charge on any atom is 0.225 e. The summed E-state index contributed by atoms with van der Waals surface area (Å²) in [4.78, 5) is 15.4. The number of rotatable bonds is 2. The third-order valence-electron chi connectivity index (χ3n) is 4.36. The van der Waals surface area contributed by atoms with Crippen LogP contribution in [0.3, 0.4) is 0 Å². The largest absolute Gasteiger partial charge is 0.336 e. The standard InChI is InChI=1S/C15H18N4S.ClH/c1-2-14(20-9-1)12-10-16-15(17-11-12)19-8-7-18-5-3-13(19)4-6-18;/h1-2,9-11,13H,3-8H2;1H. The normalized spacial score (nSPS) is 24.5. The number of nitrogens with zero attached hydrogens (tertiary/aromatic N) is 4. The van der Waals surface area contributed by atoms with Crippen LogP contribution in [0.4, 0.5) is 5.95 Å². The fraction of sp³-hybridized carbons (Fsp3) is 0.467. The lowest BCUT2D eigenvalue weighted by molar-refractivity contribution is 0.250. The molecule has 0 aliphatic carbocycles. The van der Waals surface area contributed by atoms with Crippen molar-refractivity contribution in [2.45, 2.75) is 18.9 Å². The Hall–Kier alpha value is -1.17. The van der Waals surface area contributed by atoms with Crippen LogP contribution in [0, 0.1) is 0 Å². The van der Waals surface area contributed by atoms with E-state index in [1.165, 1.54) is 30.8 Å². The van der Waals surface area contributed by atoms with Crippen molar-refractivity contribution in [3.63, 3.8) is 0 Å². The van der Waals surface area contributed by atoms with E-state index in [0.29, 0.717) is 6.04 Å². The second-order valence-electron chi connectivity index (χ2n) is 5.52. The van der Waals surface area contributed by atoms with Crippen LogP contribution in [-0.2, 0) is 0 Å². The van der Waals surface area contributed by atoms with Gasteiger partial charge < -0.3 is 9.80 Å². The van der Waals surface area contributed by atoms with Gasteiger partial charge in [-0.25, -0.2) is 9.97 Å². The van der Waals surface area contributed by atoms with E-state index in [1.807, 2.05) is 12.4 Å². The van der Waals surface area contributed by atoms with Crippen molar-refractivity contribution in [3.8, 4) is 10.4 Å². The first kappa shape index (κ1) is 14.8. The van der Waals surface area contributed by atoms with E-state index < -0.39 is 0 Å². The number of halogens is 1. The molecule has 0 spiro atoms. The van der Waals surface area contributed by atoms with Gasteiger partial charge >= 0.3 is 0 Å². The molecular formula is C15H19ClN4S. The van der Waals surface area contributed by atoms with Crippen LogP contribution >= 0.6 is 23.7 Å². The van der Waals surface area contributed by atoms with E-state index in [2.05, 4.69) is 37.3 Å². The summed E-state index contributed by atoms with van der Waals surface area (Å²) in [6, 6.07) is 4.81. The first-order valence-corrected chi connectivity index (χ1v) is 8.13. The molecule has 3 saturated heterocycles. The molecule has 5 heterocycles. The molecule has 0 N–H and O–H groups in total. The van der Waals surface area contributed by atoms with Gasteiger partial charge in [0.15, 0.2) is 0 Å². The number of anilines is 1. The molecule has 0 saturated carbocycles. The number of hydrogen-bond donors (Lipinski definition) is 0. The van der Waals surface area contributed by atoms with Gasteiger partial charge in [0, 0.05) is 55.1 Å². The molecule has 112 valence electrons. The number of aromatic nitrogens is 2. The number of hydrogen-bond acceptors (Lipinski definition) is 5. The van der Waals surface area contributed by atoms with E-state index in [0.717, 1.165) is 24.6 Å². The summed E-state index contributed by atoms with van der Waals surface area (Å²) < 4.78 is 0. The summed E-state index contributed by atoms with van der Waals surface area (Å²) in [6.07, 6.45) is 6.42. The summed E-state index contributed by atoms with van der Waals surface area (Å²) >= 11 is 1.73. The average Bonchev–Trinajstić information content (AvgIpc) is 2.88. The van der Waals surface area contributed by atoms with Crippen LogP contribution in [-0.4, -0.2) is 47.1 Å². The van der Waals surface area contributed by atoms with Gasteiger partial charge in [0.05, 0.1) is 0 Å². The molecule has 0 aromatic carbocycles. The van der Waals surface area contributed by atoms with Gasteiger partial charge in [-0.2, -0.15) is 0 Å². The van der Waals surface area contributed by atoms with Crippen molar-refractivity contribution in [1.82, 2.24) is 14.9 Å². The van der Waals surface area contributed by atoms with Crippen LogP contribution in [0.25, 0.3) is 10.4 Å². The van der Waals surface area contributed by atoms with Gasteiger partial charge in [-0.15, -0.1) is 23.7 Å². The van der Waals surface area contributed by atoms with E-state index >= 15 is 0 Å². The molecule has 2 aromatic heterocycles. The highest BCUT2D eigenvalue weighted by Crippen LogP contribution is 2.27. The fourth-order valence-electron chi connectivity index (χ4n) is 3.19. The quantitative estimate of drug-likeness (QED) is 0.851. The van der Waals surface area contributed by atoms with Crippen LogP contribution < -0.4 is 4.90 Å². The number of thiophene rings is 1. The molecule has 3 aliphatic heterocycles. The lowest BCUT2D eigenvalue weighted by Gasteiger charge is -2.31. The third kappa shape index (κ3) is 2.91. The molecule has 0 atom stereocenters. The van der Waals surface area contributed by atoms with Crippen molar-refractivity contribution in [3.05, 3.63) is 29.9 Å². The van der Waals surface area contributed by atoms with Crippen molar-refractivity contribution >= 4 is 29.7 Å². The Bertz CT molecular complexity index is 564. The van der Waals surface area contributed by atoms with Crippen LogP contribution in [0.2, 0.25) is 0 Å². The molecule has 2 aromatic rings. The summed E-state index contributed by atoms with van der Waals surface area (Å²) in [5, 5.41) is 2.09. The van der Waals surface area contributed by atoms with Crippen molar-refractivity contribution < 1.29 is 0 Å². The van der Waals surface area contributed by atoms with Crippen LogP contribution in [0.5, 0.6) is 0 Å². The Morgan fingerprint density at radius 3 is 2.48 bits per heavy atom. The summed E-state index contributed by atoms with van der Waals surface area (Å²) in [5.41, 5.74) is 1.12. The van der Waals surface area contributed by atoms with E-state index in [1.54, 1.807) is 11.3 Å². The summed E-state index contributed by atoms with van der Waals surface area (Å²) in [6.45, 7) is 4.67. The Kier molecular flexibility index (Phi) is 4.42. The average molecular weight is 323 g/mol. The van der Waals surface area contributed by atoms with Crippen LogP contribution in [0.15, 0.2) is 29.9 Å². The van der Waals surface area contributed by atoms with E-state index in [4.69, 9.17) is 0 Å². The maximum atomic E-state index is 4.62. The van der Waals surface area contributed by atoms with E-state index in [9.17, 15) is 0 Å². The highest BCUT2D eigenvalue weighted by molar-refractivity contribution is 7.13. The van der Waals surface area contributed by atoms with Gasteiger partial charge in [-0.1, -0.05) is 6.07 Å².